The van der Waals surface area contributed by atoms with Crippen LogP contribution in [0.2, 0.25) is 0 Å². The summed E-state index contributed by atoms with van der Waals surface area (Å²) in [6, 6.07) is 19.2. The molecule has 1 heterocycles. The molecule has 7 heteroatoms. The van der Waals surface area contributed by atoms with E-state index in [1.165, 1.54) is 10.2 Å². The Morgan fingerprint density at radius 2 is 1.94 bits per heavy atom. The number of aromatic nitrogens is 2. The third-order valence-electron chi connectivity index (χ3n) is 5.36. The summed E-state index contributed by atoms with van der Waals surface area (Å²) >= 11 is 3.44. The lowest BCUT2D eigenvalue weighted by Gasteiger charge is -2.14. The molecule has 0 saturated carbocycles. The molecule has 0 N–H and O–H groups in total. The SMILES string of the molecule is CCCc1nc2ccc(Br)cc2c(=O)n1N=Cc1cccc(OC)c1OCc1cccc(C)c1. The van der Waals surface area contributed by atoms with Crippen LogP contribution in [0.25, 0.3) is 10.9 Å². The molecule has 0 spiro atoms. The van der Waals surface area contributed by atoms with E-state index in [1.54, 1.807) is 19.4 Å². The van der Waals surface area contributed by atoms with Gasteiger partial charge in [0.1, 0.15) is 12.4 Å². The maximum Gasteiger partial charge on any atom is 0.282 e. The first-order chi connectivity index (χ1) is 16.5. The smallest absolute Gasteiger partial charge is 0.282 e. The molecule has 174 valence electrons. The van der Waals surface area contributed by atoms with E-state index in [-0.39, 0.29) is 5.56 Å². The van der Waals surface area contributed by atoms with Crippen LogP contribution in [0.5, 0.6) is 11.5 Å². The summed E-state index contributed by atoms with van der Waals surface area (Å²) in [5.74, 6) is 1.78. The molecule has 0 aliphatic carbocycles. The molecule has 34 heavy (non-hydrogen) atoms. The molecule has 4 rings (SSSR count). The van der Waals surface area contributed by atoms with E-state index in [4.69, 9.17) is 14.5 Å². The van der Waals surface area contributed by atoms with Crippen molar-refractivity contribution in [1.29, 1.82) is 0 Å². The van der Waals surface area contributed by atoms with Crippen LogP contribution in [0.1, 0.15) is 35.9 Å². The zero-order valence-corrected chi connectivity index (χ0v) is 21.0. The van der Waals surface area contributed by atoms with Crippen LogP contribution >= 0.6 is 15.9 Å². The molecule has 0 bridgehead atoms. The van der Waals surface area contributed by atoms with Gasteiger partial charge in [0.15, 0.2) is 11.5 Å². The van der Waals surface area contributed by atoms with Crippen molar-refractivity contribution in [3.8, 4) is 11.5 Å². The molecule has 3 aromatic carbocycles. The van der Waals surface area contributed by atoms with Crippen LogP contribution in [0.15, 0.2) is 75.0 Å². The first-order valence-corrected chi connectivity index (χ1v) is 11.9. The van der Waals surface area contributed by atoms with Crippen molar-refractivity contribution in [2.75, 3.05) is 7.11 Å². The summed E-state index contributed by atoms with van der Waals surface area (Å²) in [7, 11) is 1.60. The van der Waals surface area contributed by atoms with Crippen LogP contribution in [-0.4, -0.2) is 23.0 Å². The van der Waals surface area contributed by atoms with Gasteiger partial charge in [-0.25, -0.2) is 4.98 Å². The Morgan fingerprint density at radius 3 is 2.71 bits per heavy atom. The Bertz CT molecular complexity index is 1410. The number of para-hydroxylation sites is 1. The van der Waals surface area contributed by atoms with Gasteiger partial charge in [-0.1, -0.05) is 58.7 Å². The molecule has 0 atom stereocenters. The van der Waals surface area contributed by atoms with Gasteiger partial charge in [0.05, 0.1) is 24.2 Å². The molecule has 0 amide bonds. The van der Waals surface area contributed by atoms with E-state index in [2.05, 4.69) is 27.1 Å². The van der Waals surface area contributed by atoms with Gasteiger partial charge >= 0.3 is 0 Å². The second-order valence-electron chi connectivity index (χ2n) is 7.96. The highest BCUT2D eigenvalue weighted by Crippen LogP contribution is 2.31. The summed E-state index contributed by atoms with van der Waals surface area (Å²) in [6.45, 7) is 4.48. The van der Waals surface area contributed by atoms with Gasteiger partial charge < -0.3 is 9.47 Å². The Labute approximate surface area is 207 Å². The molecule has 0 aliphatic rings. The molecule has 0 saturated heterocycles. The standard InChI is InChI=1S/C27H26BrN3O3/c1-4-7-25-30-23-13-12-21(28)15-22(23)27(32)31(25)29-16-20-10-6-11-24(33-3)26(20)34-17-19-9-5-8-18(2)14-19/h5-6,8-16H,4,7,17H2,1-3H3. The number of fused-ring (bicyclic) bond motifs is 1. The highest BCUT2D eigenvalue weighted by atomic mass is 79.9. The summed E-state index contributed by atoms with van der Waals surface area (Å²) in [5, 5.41) is 5.05. The maximum absolute atomic E-state index is 13.3. The fraction of sp³-hybridized carbons (Fsp3) is 0.222. The first-order valence-electron chi connectivity index (χ1n) is 11.1. The molecule has 4 aromatic rings. The first kappa shape index (κ1) is 23.7. The topological polar surface area (TPSA) is 65.7 Å². The zero-order valence-electron chi connectivity index (χ0n) is 19.4. The van der Waals surface area contributed by atoms with Gasteiger partial charge in [-0.2, -0.15) is 9.78 Å². The summed E-state index contributed by atoms with van der Waals surface area (Å²) in [4.78, 5) is 18.0. The number of ether oxygens (including phenoxy) is 2. The summed E-state index contributed by atoms with van der Waals surface area (Å²) in [5.41, 5.74) is 3.37. The molecule has 6 nitrogen and oxygen atoms in total. The van der Waals surface area contributed by atoms with E-state index in [9.17, 15) is 4.79 Å². The molecule has 0 fully saturated rings. The number of halogens is 1. The quantitative estimate of drug-likeness (QED) is 0.272. The zero-order chi connectivity index (χ0) is 24.1. The second kappa shape index (κ2) is 10.7. The minimum atomic E-state index is -0.212. The molecule has 0 unspecified atom stereocenters. The molecular weight excluding hydrogens is 494 g/mol. The highest BCUT2D eigenvalue weighted by molar-refractivity contribution is 9.10. The predicted octanol–water partition coefficient (Wildman–Crippen LogP) is 5.89. The van der Waals surface area contributed by atoms with E-state index >= 15 is 0 Å². The number of hydrogen-bond acceptors (Lipinski definition) is 5. The normalized spacial score (nSPS) is 11.3. The van der Waals surface area contributed by atoms with Crippen LogP contribution in [0, 0.1) is 6.92 Å². The van der Waals surface area contributed by atoms with Crippen LogP contribution in [0.4, 0.5) is 0 Å². The highest BCUT2D eigenvalue weighted by Gasteiger charge is 2.13. The third kappa shape index (κ3) is 5.20. The van der Waals surface area contributed by atoms with Crippen LogP contribution < -0.4 is 15.0 Å². The minimum Gasteiger partial charge on any atom is -0.493 e. The van der Waals surface area contributed by atoms with Crippen molar-refractivity contribution < 1.29 is 9.47 Å². The lowest BCUT2D eigenvalue weighted by Crippen LogP contribution is -2.22. The summed E-state index contributed by atoms with van der Waals surface area (Å²) in [6.07, 6.45) is 3.10. The van der Waals surface area contributed by atoms with E-state index in [1.807, 2.05) is 62.4 Å². The van der Waals surface area contributed by atoms with Gasteiger partial charge in [0, 0.05) is 16.5 Å². The average molecular weight is 520 g/mol. The average Bonchev–Trinajstić information content (AvgIpc) is 2.83. The van der Waals surface area contributed by atoms with E-state index < -0.39 is 0 Å². The molecular formula is C27H26BrN3O3. The Kier molecular flexibility index (Phi) is 7.43. The number of methoxy groups -OCH3 is 1. The monoisotopic (exact) mass is 519 g/mol. The minimum absolute atomic E-state index is 0.212. The number of nitrogens with zero attached hydrogens (tertiary/aromatic N) is 3. The largest absolute Gasteiger partial charge is 0.493 e. The molecule has 0 aliphatic heterocycles. The van der Waals surface area contributed by atoms with Crippen molar-refractivity contribution >= 4 is 33.0 Å². The maximum atomic E-state index is 13.3. The number of benzene rings is 3. The van der Waals surface area contributed by atoms with Gasteiger partial charge in [0.25, 0.3) is 5.56 Å². The lowest BCUT2D eigenvalue weighted by molar-refractivity contribution is 0.284. The second-order valence-corrected chi connectivity index (χ2v) is 8.87. The van der Waals surface area contributed by atoms with Crippen LogP contribution in [0.3, 0.4) is 0 Å². The van der Waals surface area contributed by atoms with Gasteiger partial charge in [-0.3, -0.25) is 4.79 Å². The fourth-order valence-electron chi connectivity index (χ4n) is 3.73. The lowest BCUT2D eigenvalue weighted by atomic mass is 10.1. The predicted molar refractivity (Wildman–Crippen MR) is 139 cm³/mol. The van der Waals surface area contributed by atoms with Crippen molar-refractivity contribution in [1.82, 2.24) is 9.66 Å². The third-order valence-corrected chi connectivity index (χ3v) is 5.85. The van der Waals surface area contributed by atoms with Gasteiger partial charge in [-0.05, 0) is 49.2 Å². The van der Waals surface area contributed by atoms with Crippen molar-refractivity contribution in [2.45, 2.75) is 33.3 Å². The van der Waals surface area contributed by atoms with Crippen molar-refractivity contribution in [3.63, 3.8) is 0 Å². The van der Waals surface area contributed by atoms with Crippen molar-refractivity contribution in [2.24, 2.45) is 5.10 Å². The Hall–Kier alpha value is -3.45. The Morgan fingerprint density at radius 1 is 1.12 bits per heavy atom. The number of hydrogen-bond donors (Lipinski definition) is 0. The van der Waals surface area contributed by atoms with Gasteiger partial charge in [-0.15, -0.1) is 0 Å². The summed E-state index contributed by atoms with van der Waals surface area (Å²) < 4.78 is 13.9. The molecule has 0 radical (unpaired) electrons. The van der Waals surface area contributed by atoms with Crippen LogP contribution in [-0.2, 0) is 13.0 Å². The number of rotatable bonds is 8. The van der Waals surface area contributed by atoms with Crippen molar-refractivity contribution in [3.05, 3.63) is 98.0 Å². The number of aryl methyl sites for hydroxylation is 2. The molecule has 1 aromatic heterocycles. The van der Waals surface area contributed by atoms with Gasteiger partial charge in [0.2, 0.25) is 0 Å². The van der Waals surface area contributed by atoms with E-state index in [0.29, 0.717) is 46.8 Å². The van der Waals surface area contributed by atoms with E-state index in [0.717, 1.165) is 16.5 Å². The Balaban J connectivity index is 1.74. The fourth-order valence-corrected chi connectivity index (χ4v) is 4.09.